The number of aliphatic imine (C=N–C) groups is 1. The quantitative estimate of drug-likeness (QED) is 0.756. The minimum atomic E-state index is -0.867. The van der Waals surface area contributed by atoms with E-state index >= 15 is 0 Å². The molecule has 2 rings (SSSR count). The molecule has 0 unspecified atom stereocenters. The lowest BCUT2D eigenvalue weighted by Crippen LogP contribution is -2.07. The van der Waals surface area contributed by atoms with Gasteiger partial charge in [-0.2, -0.15) is 0 Å². The molecule has 1 aliphatic heterocycles. The van der Waals surface area contributed by atoms with Crippen LogP contribution in [-0.4, -0.2) is 5.84 Å². The predicted molar refractivity (Wildman–Crippen MR) is 55.2 cm³/mol. The van der Waals surface area contributed by atoms with Gasteiger partial charge in [-0.25, -0.2) is 13.8 Å². The minimum Gasteiger partial charge on any atom is -0.387 e. The van der Waals surface area contributed by atoms with Gasteiger partial charge in [0.05, 0.1) is 5.70 Å². The fourth-order valence-corrected chi connectivity index (χ4v) is 1.59. The van der Waals surface area contributed by atoms with Crippen LogP contribution in [0.1, 0.15) is 18.9 Å². The van der Waals surface area contributed by atoms with Gasteiger partial charge in [0.1, 0.15) is 5.84 Å². The van der Waals surface area contributed by atoms with Gasteiger partial charge in [-0.1, -0.05) is 0 Å². The normalized spacial score (nSPS) is 15.8. The molecule has 0 aromatic heterocycles. The Balaban J connectivity index is 2.47. The standard InChI is InChI=1S/C11H10F2N2/c1-6-4-10(14)15-11(6)7-2-3-8(12)9(13)5-7/h2-3,5H,4H2,1H3,(H2,14,15). The highest BCUT2D eigenvalue weighted by Crippen LogP contribution is 2.27. The number of amidine groups is 1. The third-order valence-corrected chi connectivity index (χ3v) is 2.30. The molecule has 4 heteroatoms. The minimum absolute atomic E-state index is 0.507. The average Bonchev–Trinajstić information content (AvgIpc) is 2.50. The van der Waals surface area contributed by atoms with Crippen LogP contribution in [-0.2, 0) is 0 Å². The summed E-state index contributed by atoms with van der Waals surface area (Å²) in [6.45, 7) is 1.87. The molecule has 0 bridgehead atoms. The second kappa shape index (κ2) is 3.46. The molecule has 0 aliphatic carbocycles. The van der Waals surface area contributed by atoms with Crippen molar-refractivity contribution in [3.8, 4) is 0 Å². The number of rotatable bonds is 1. The van der Waals surface area contributed by atoms with Gasteiger partial charge in [-0.15, -0.1) is 0 Å². The summed E-state index contributed by atoms with van der Waals surface area (Å²) in [6.07, 6.45) is 0.592. The molecule has 0 radical (unpaired) electrons. The average molecular weight is 208 g/mol. The third-order valence-electron chi connectivity index (χ3n) is 2.30. The molecule has 0 fully saturated rings. The van der Waals surface area contributed by atoms with Gasteiger partial charge < -0.3 is 5.73 Å². The molecule has 2 N–H and O–H groups in total. The van der Waals surface area contributed by atoms with E-state index in [0.717, 1.165) is 17.7 Å². The second-order valence-electron chi connectivity index (χ2n) is 3.54. The smallest absolute Gasteiger partial charge is 0.159 e. The Labute approximate surface area is 86.1 Å². The first-order valence-corrected chi connectivity index (χ1v) is 4.56. The van der Waals surface area contributed by atoms with Crippen LogP contribution in [0, 0.1) is 11.6 Å². The topological polar surface area (TPSA) is 38.4 Å². The summed E-state index contributed by atoms with van der Waals surface area (Å²) in [7, 11) is 0. The van der Waals surface area contributed by atoms with Crippen molar-refractivity contribution in [2.75, 3.05) is 0 Å². The van der Waals surface area contributed by atoms with Crippen molar-refractivity contribution in [3.63, 3.8) is 0 Å². The first kappa shape index (κ1) is 9.83. The summed E-state index contributed by atoms with van der Waals surface area (Å²) in [5.41, 5.74) is 7.74. The van der Waals surface area contributed by atoms with Gasteiger partial charge in [0.15, 0.2) is 11.6 Å². The van der Waals surface area contributed by atoms with E-state index in [0.29, 0.717) is 23.5 Å². The Hall–Kier alpha value is -1.71. The molecule has 0 saturated heterocycles. The van der Waals surface area contributed by atoms with Crippen LogP contribution in [0.2, 0.25) is 0 Å². The number of hydrogen-bond donors (Lipinski definition) is 1. The van der Waals surface area contributed by atoms with Crippen molar-refractivity contribution in [3.05, 3.63) is 41.0 Å². The summed E-state index contributed by atoms with van der Waals surface area (Å²) in [5.74, 6) is -1.22. The highest BCUT2D eigenvalue weighted by Gasteiger charge is 2.15. The van der Waals surface area contributed by atoms with Crippen LogP contribution in [0.5, 0.6) is 0 Å². The van der Waals surface area contributed by atoms with E-state index in [4.69, 9.17) is 5.73 Å². The van der Waals surface area contributed by atoms with E-state index in [1.165, 1.54) is 6.07 Å². The van der Waals surface area contributed by atoms with Crippen LogP contribution >= 0.6 is 0 Å². The zero-order valence-electron chi connectivity index (χ0n) is 8.22. The zero-order chi connectivity index (χ0) is 11.0. The molecular weight excluding hydrogens is 198 g/mol. The van der Waals surface area contributed by atoms with Crippen molar-refractivity contribution < 1.29 is 8.78 Å². The second-order valence-corrected chi connectivity index (χ2v) is 3.54. The van der Waals surface area contributed by atoms with E-state index in [1.807, 2.05) is 6.92 Å². The molecule has 78 valence electrons. The van der Waals surface area contributed by atoms with Crippen LogP contribution in [0.3, 0.4) is 0 Å². The zero-order valence-corrected chi connectivity index (χ0v) is 8.22. The van der Waals surface area contributed by atoms with Crippen LogP contribution in [0.15, 0.2) is 28.8 Å². The van der Waals surface area contributed by atoms with Crippen molar-refractivity contribution in [2.24, 2.45) is 10.7 Å². The number of hydrogen-bond acceptors (Lipinski definition) is 2. The van der Waals surface area contributed by atoms with E-state index < -0.39 is 11.6 Å². The number of nitrogens with zero attached hydrogens (tertiary/aromatic N) is 1. The molecule has 0 saturated carbocycles. The monoisotopic (exact) mass is 208 g/mol. The van der Waals surface area contributed by atoms with E-state index in [1.54, 1.807) is 0 Å². The van der Waals surface area contributed by atoms with Gasteiger partial charge in [0.2, 0.25) is 0 Å². The van der Waals surface area contributed by atoms with Gasteiger partial charge in [0.25, 0.3) is 0 Å². The van der Waals surface area contributed by atoms with E-state index in [9.17, 15) is 8.78 Å². The fraction of sp³-hybridized carbons (Fsp3) is 0.182. The highest BCUT2D eigenvalue weighted by atomic mass is 19.2. The van der Waals surface area contributed by atoms with Crippen molar-refractivity contribution in [2.45, 2.75) is 13.3 Å². The first-order valence-electron chi connectivity index (χ1n) is 4.56. The SMILES string of the molecule is CC1=C(c2ccc(F)c(F)c2)N=C(N)C1. The molecule has 1 aromatic rings. The fourth-order valence-electron chi connectivity index (χ4n) is 1.59. The molecule has 1 heterocycles. The molecule has 0 atom stereocenters. The summed E-state index contributed by atoms with van der Waals surface area (Å²) >= 11 is 0. The van der Waals surface area contributed by atoms with Crippen LogP contribution in [0.25, 0.3) is 5.70 Å². The van der Waals surface area contributed by atoms with Crippen molar-refractivity contribution >= 4 is 11.5 Å². The summed E-state index contributed by atoms with van der Waals surface area (Å²) < 4.78 is 25.7. The molecule has 1 aromatic carbocycles. The molecule has 0 spiro atoms. The molecule has 0 amide bonds. The maximum absolute atomic E-state index is 13.0. The highest BCUT2D eigenvalue weighted by molar-refractivity contribution is 5.94. The lowest BCUT2D eigenvalue weighted by molar-refractivity contribution is 0.508. The largest absolute Gasteiger partial charge is 0.387 e. The Morgan fingerprint density at radius 1 is 1.27 bits per heavy atom. The summed E-state index contributed by atoms with van der Waals surface area (Å²) in [4.78, 5) is 4.10. The van der Waals surface area contributed by atoms with E-state index in [-0.39, 0.29) is 0 Å². The Bertz CT molecular complexity index is 475. The van der Waals surface area contributed by atoms with Gasteiger partial charge in [-0.05, 0) is 30.7 Å². The van der Waals surface area contributed by atoms with Gasteiger partial charge >= 0.3 is 0 Å². The predicted octanol–water partition coefficient (Wildman–Crippen LogP) is 2.46. The first-order chi connectivity index (χ1) is 7.08. The Kier molecular flexibility index (Phi) is 2.26. The number of nitrogens with two attached hydrogens (primary N) is 1. The number of benzene rings is 1. The summed E-state index contributed by atoms with van der Waals surface area (Å²) in [5, 5.41) is 0. The maximum atomic E-state index is 13.0. The third kappa shape index (κ3) is 1.75. The maximum Gasteiger partial charge on any atom is 0.159 e. The lowest BCUT2D eigenvalue weighted by Gasteiger charge is -2.01. The van der Waals surface area contributed by atoms with E-state index in [2.05, 4.69) is 4.99 Å². The van der Waals surface area contributed by atoms with Crippen LogP contribution in [0.4, 0.5) is 8.78 Å². The Morgan fingerprint density at radius 3 is 2.53 bits per heavy atom. The van der Waals surface area contributed by atoms with Gasteiger partial charge in [-0.3, -0.25) is 0 Å². The van der Waals surface area contributed by atoms with Gasteiger partial charge in [0, 0.05) is 12.0 Å². The lowest BCUT2D eigenvalue weighted by atomic mass is 10.1. The molecule has 1 aliphatic rings. The van der Waals surface area contributed by atoms with Crippen molar-refractivity contribution in [1.29, 1.82) is 0 Å². The van der Waals surface area contributed by atoms with Crippen molar-refractivity contribution in [1.82, 2.24) is 0 Å². The molecule has 15 heavy (non-hydrogen) atoms. The molecule has 2 nitrogen and oxygen atoms in total. The van der Waals surface area contributed by atoms with Crippen LogP contribution < -0.4 is 5.73 Å². The molecular formula is C11H10F2N2. The summed E-state index contributed by atoms with van der Waals surface area (Å²) in [6, 6.07) is 3.73. The Morgan fingerprint density at radius 2 is 2.00 bits per heavy atom. The number of halogens is 2.